The lowest BCUT2D eigenvalue weighted by Crippen LogP contribution is -2.15. The predicted molar refractivity (Wildman–Crippen MR) is 76.3 cm³/mol. The Morgan fingerprint density at radius 2 is 2.14 bits per heavy atom. The van der Waals surface area contributed by atoms with Gasteiger partial charge in [-0.2, -0.15) is 0 Å². The van der Waals surface area contributed by atoms with Crippen molar-refractivity contribution in [2.24, 2.45) is 0 Å². The maximum atomic E-state index is 12.2. The van der Waals surface area contributed by atoms with Crippen LogP contribution >= 0.6 is 0 Å². The summed E-state index contributed by atoms with van der Waals surface area (Å²) in [6.07, 6.45) is 0.995. The van der Waals surface area contributed by atoms with Crippen LogP contribution in [0, 0.1) is 10.1 Å². The van der Waals surface area contributed by atoms with E-state index in [1.165, 1.54) is 7.11 Å². The third kappa shape index (κ3) is 3.06. The van der Waals surface area contributed by atoms with Crippen molar-refractivity contribution < 1.29 is 14.5 Å². The number of nitro groups is 1. The molecule has 0 aliphatic carbocycles. The Balaban J connectivity index is 2.32. The first kappa shape index (κ1) is 14.3. The van der Waals surface area contributed by atoms with Crippen LogP contribution in [-0.4, -0.2) is 22.9 Å². The number of aromatic nitrogens is 1. The molecule has 1 amide bonds. The average Bonchev–Trinajstić information content (AvgIpc) is 2.47. The second-order valence-electron chi connectivity index (χ2n) is 4.04. The van der Waals surface area contributed by atoms with Gasteiger partial charge >= 0.3 is 0 Å². The van der Waals surface area contributed by atoms with Gasteiger partial charge in [-0.1, -0.05) is 12.1 Å². The molecule has 8 heteroatoms. The van der Waals surface area contributed by atoms with Crippen LogP contribution in [0.5, 0.6) is 5.75 Å². The van der Waals surface area contributed by atoms with Crippen molar-refractivity contribution >= 4 is 23.1 Å². The molecule has 2 rings (SSSR count). The number of ether oxygens (including phenoxy) is 1. The van der Waals surface area contributed by atoms with Crippen LogP contribution in [0.3, 0.4) is 0 Å². The van der Waals surface area contributed by atoms with Crippen molar-refractivity contribution in [2.75, 3.05) is 18.2 Å². The maximum absolute atomic E-state index is 12.2. The Kier molecular flexibility index (Phi) is 3.98. The summed E-state index contributed by atoms with van der Waals surface area (Å²) in [5.74, 6) is -0.232. The van der Waals surface area contributed by atoms with Crippen LogP contribution in [0.4, 0.5) is 17.2 Å². The number of nitrogens with zero attached hydrogens (tertiary/aromatic N) is 2. The van der Waals surface area contributed by atoms with E-state index in [1.807, 2.05) is 0 Å². The first-order chi connectivity index (χ1) is 10.0. The lowest BCUT2D eigenvalue weighted by molar-refractivity contribution is -0.385. The van der Waals surface area contributed by atoms with Gasteiger partial charge in [-0.3, -0.25) is 14.9 Å². The van der Waals surface area contributed by atoms with Gasteiger partial charge in [0.1, 0.15) is 17.8 Å². The minimum Gasteiger partial charge on any atom is -0.495 e. The molecule has 21 heavy (non-hydrogen) atoms. The lowest BCUT2D eigenvalue weighted by atomic mass is 10.2. The molecule has 0 radical (unpaired) electrons. The number of amides is 1. The Morgan fingerprint density at radius 3 is 2.81 bits per heavy atom. The fraction of sp³-hybridized carbons (Fsp3) is 0.0769. The van der Waals surface area contributed by atoms with E-state index in [4.69, 9.17) is 10.5 Å². The molecule has 0 aliphatic rings. The Hall–Kier alpha value is -3.16. The summed E-state index contributed by atoms with van der Waals surface area (Å²) in [7, 11) is 1.47. The average molecular weight is 288 g/mol. The third-order valence-electron chi connectivity index (χ3n) is 2.71. The van der Waals surface area contributed by atoms with E-state index in [0.29, 0.717) is 11.4 Å². The number of pyridine rings is 1. The largest absolute Gasteiger partial charge is 0.495 e. The van der Waals surface area contributed by atoms with Crippen molar-refractivity contribution in [3.05, 3.63) is 52.2 Å². The van der Waals surface area contributed by atoms with Crippen LogP contribution in [-0.2, 0) is 0 Å². The molecule has 2 aromatic rings. The fourth-order valence-electron chi connectivity index (χ4n) is 1.68. The summed E-state index contributed by atoms with van der Waals surface area (Å²) >= 11 is 0. The second-order valence-corrected chi connectivity index (χ2v) is 4.04. The number of para-hydroxylation sites is 2. The number of carbonyl (C=O) groups is 1. The highest BCUT2D eigenvalue weighted by Crippen LogP contribution is 2.25. The molecule has 108 valence electrons. The van der Waals surface area contributed by atoms with Gasteiger partial charge in [0.15, 0.2) is 0 Å². The van der Waals surface area contributed by atoms with Gasteiger partial charge in [0.2, 0.25) is 0 Å². The van der Waals surface area contributed by atoms with Crippen LogP contribution in [0.15, 0.2) is 36.5 Å². The summed E-state index contributed by atoms with van der Waals surface area (Å²) in [5.41, 5.74) is 5.63. The van der Waals surface area contributed by atoms with Gasteiger partial charge < -0.3 is 15.8 Å². The van der Waals surface area contributed by atoms with Crippen molar-refractivity contribution in [1.82, 2.24) is 4.98 Å². The number of nitrogens with two attached hydrogens (primary N) is 1. The summed E-state index contributed by atoms with van der Waals surface area (Å²) < 4.78 is 5.10. The number of hydrogen-bond donors (Lipinski definition) is 2. The molecule has 1 heterocycles. The zero-order chi connectivity index (χ0) is 15.4. The number of anilines is 2. The Labute approximate surface area is 119 Å². The van der Waals surface area contributed by atoms with Gasteiger partial charge in [-0.05, 0) is 12.1 Å². The SMILES string of the molecule is COc1ccccc1NC(=O)c1cc([N+](=O)[O-])cnc1N. The highest BCUT2D eigenvalue weighted by Gasteiger charge is 2.17. The van der Waals surface area contributed by atoms with Crippen LogP contribution < -0.4 is 15.8 Å². The van der Waals surface area contributed by atoms with E-state index in [9.17, 15) is 14.9 Å². The molecule has 0 aliphatic heterocycles. The molecule has 0 atom stereocenters. The lowest BCUT2D eigenvalue weighted by Gasteiger charge is -2.10. The summed E-state index contributed by atoms with van der Waals surface area (Å²) in [6, 6.07) is 7.85. The Morgan fingerprint density at radius 1 is 1.43 bits per heavy atom. The quantitative estimate of drug-likeness (QED) is 0.654. The number of nitrogens with one attached hydrogen (secondary N) is 1. The van der Waals surface area contributed by atoms with Gasteiger partial charge in [0, 0.05) is 6.07 Å². The zero-order valence-electron chi connectivity index (χ0n) is 11.1. The van der Waals surface area contributed by atoms with Crippen LogP contribution in [0.2, 0.25) is 0 Å². The van der Waals surface area contributed by atoms with Crippen molar-refractivity contribution in [3.8, 4) is 5.75 Å². The molecule has 0 spiro atoms. The predicted octanol–water partition coefficient (Wildman–Crippen LogP) is 1.83. The monoisotopic (exact) mass is 288 g/mol. The van der Waals surface area contributed by atoms with Gasteiger partial charge in [0.25, 0.3) is 11.6 Å². The normalized spacial score (nSPS) is 9.95. The molecular formula is C13H12N4O4. The molecule has 0 saturated heterocycles. The van der Waals surface area contributed by atoms with Crippen LogP contribution in [0.25, 0.3) is 0 Å². The number of nitrogen functional groups attached to an aromatic ring is 1. The topological polar surface area (TPSA) is 120 Å². The second kappa shape index (κ2) is 5.87. The minimum absolute atomic E-state index is 0.0740. The number of rotatable bonds is 4. The van der Waals surface area contributed by atoms with Gasteiger partial charge in [0.05, 0.1) is 23.3 Å². The first-order valence-electron chi connectivity index (χ1n) is 5.87. The number of hydrogen-bond acceptors (Lipinski definition) is 6. The maximum Gasteiger partial charge on any atom is 0.288 e. The molecule has 1 aromatic heterocycles. The van der Waals surface area contributed by atoms with Crippen molar-refractivity contribution in [3.63, 3.8) is 0 Å². The van der Waals surface area contributed by atoms with E-state index in [2.05, 4.69) is 10.3 Å². The summed E-state index contributed by atoms with van der Waals surface area (Å²) in [6.45, 7) is 0. The smallest absolute Gasteiger partial charge is 0.288 e. The van der Waals surface area contributed by atoms with E-state index >= 15 is 0 Å². The van der Waals surface area contributed by atoms with E-state index < -0.39 is 10.8 Å². The van der Waals surface area contributed by atoms with Gasteiger partial charge in [-0.25, -0.2) is 4.98 Å². The molecule has 3 N–H and O–H groups in total. The Bertz CT molecular complexity index is 702. The van der Waals surface area contributed by atoms with Gasteiger partial charge in [-0.15, -0.1) is 0 Å². The highest BCUT2D eigenvalue weighted by atomic mass is 16.6. The minimum atomic E-state index is -0.647. The zero-order valence-corrected chi connectivity index (χ0v) is 11.1. The van der Waals surface area contributed by atoms with Crippen molar-refractivity contribution in [2.45, 2.75) is 0 Å². The number of carbonyl (C=O) groups excluding carboxylic acids is 1. The van der Waals surface area contributed by atoms with Crippen LogP contribution in [0.1, 0.15) is 10.4 Å². The molecular weight excluding hydrogens is 276 g/mol. The number of benzene rings is 1. The van der Waals surface area contributed by atoms with E-state index in [1.54, 1.807) is 24.3 Å². The molecule has 0 bridgehead atoms. The first-order valence-corrected chi connectivity index (χ1v) is 5.87. The molecule has 0 fully saturated rings. The van der Waals surface area contributed by atoms with E-state index in [-0.39, 0.29) is 17.1 Å². The molecule has 1 aromatic carbocycles. The summed E-state index contributed by atoms with van der Waals surface area (Å²) in [4.78, 5) is 25.9. The van der Waals surface area contributed by atoms with Crippen molar-refractivity contribution in [1.29, 1.82) is 0 Å². The third-order valence-corrected chi connectivity index (χ3v) is 2.71. The summed E-state index contributed by atoms with van der Waals surface area (Å²) in [5, 5.41) is 13.3. The van der Waals surface area contributed by atoms with E-state index in [0.717, 1.165) is 12.3 Å². The fourth-order valence-corrected chi connectivity index (χ4v) is 1.68. The molecule has 0 saturated carbocycles. The standard InChI is InChI=1S/C13H12N4O4/c1-21-11-5-3-2-4-10(11)16-13(18)9-6-8(17(19)20)7-15-12(9)14/h2-7H,1H3,(H2,14,15)(H,16,18). The highest BCUT2D eigenvalue weighted by molar-refractivity contribution is 6.08. The number of methoxy groups -OCH3 is 1. The molecule has 8 nitrogen and oxygen atoms in total. The molecule has 0 unspecified atom stereocenters.